The third-order valence-corrected chi connectivity index (χ3v) is 4.60. The van der Waals surface area contributed by atoms with Crippen LogP contribution in [0.1, 0.15) is 18.5 Å². The van der Waals surface area contributed by atoms with E-state index in [1.807, 2.05) is 25.1 Å². The first-order valence-corrected chi connectivity index (χ1v) is 7.44. The van der Waals surface area contributed by atoms with Gasteiger partial charge in [-0.3, -0.25) is 0 Å². The molecule has 2 rings (SSSR count). The predicted octanol–water partition coefficient (Wildman–Crippen LogP) is 5.98. The quantitative estimate of drug-likeness (QED) is 0.523. The van der Waals surface area contributed by atoms with Crippen LogP contribution in [0.2, 0.25) is 15.1 Å². The Morgan fingerprint density at radius 3 is 2.58 bits per heavy atom. The molecular formula is C13H10BrCl3N2. The molecule has 6 heteroatoms. The number of hydrogen-bond donors (Lipinski definition) is 1. The zero-order valence-corrected chi connectivity index (χ0v) is 13.8. The van der Waals surface area contributed by atoms with Gasteiger partial charge in [0.15, 0.2) is 0 Å². The normalized spacial score (nSPS) is 12.3. The Hall–Kier alpha value is -0.480. The lowest BCUT2D eigenvalue weighted by atomic mass is 10.1. The molecule has 1 heterocycles. The maximum Gasteiger partial charge on any atom is 0.129 e. The molecule has 1 atom stereocenters. The summed E-state index contributed by atoms with van der Waals surface area (Å²) in [6.07, 6.45) is 1.71. The topological polar surface area (TPSA) is 24.9 Å². The summed E-state index contributed by atoms with van der Waals surface area (Å²) in [6.45, 7) is 1.99. The van der Waals surface area contributed by atoms with Crippen molar-refractivity contribution in [3.05, 3.63) is 55.7 Å². The zero-order valence-electron chi connectivity index (χ0n) is 9.92. The fraction of sp³-hybridized carbons (Fsp3) is 0.154. The van der Waals surface area contributed by atoms with E-state index in [9.17, 15) is 0 Å². The Kier molecular flexibility index (Phi) is 4.96. The summed E-state index contributed by atoms with van der Waals surface area (Å²) in [4.78, 5) is 4.15. The number of pyridine rings is 1. The van der Waals surface area contributed by atoms with E-state index in [0.717, 1.165) is 15.9 Å². The molecule has 1 unspecified atom stereocenters. The summed E-state index contributed by atoms with van der Waals surface area (Å²) in [7, 11) is 0. The molecule has 1 aromatic heterocycles. The molecule has 0 fully saturated rings. The van der Waals surface area contributed by atoms with Gasteiger partial charge in [0.1, 0.15) is 4.60 Å². The van der Waals surface area contributed by atoms with Crippen LogP contribution in [-0.2, 0) is 0 Å². The highest BCUT2D eigenvalue weighted by atomic mass is 79.9. The third kappa shape index (κ3) is 3.34. The summed E-state index contributed by atoms with van der Waals surface area (Å²) in [6, 6.07) is 7.36. The van der Waals surface area contributed by atoms with Gasteiger partial charge in [-0.2, -0.15) is 0 Å². The first-order chi connectivity index (χ1) is 9.00. The number of nitrogens with zero attached hydrogens (tertiary/aromatic N) is 1. The van der Waals surface area contributed by atoms with Gasteiger partial charge < -0.3 is 5.32 Å². The second kappa shape index (κ2) is 6.31. The number of rotatable bonds is 3. The Morgan fingerprint density at radius 2 is 1.89 bits per heavy atom. The van der Waals surface area contributed by atoms with Gasteiger partial charge in [0, 0.05) is 6.20 Å². The second-order valence-corrected chi connectivity index (χ2v) is 5.89. The lowest BCUT2D eigenvalue weighted by Gasteiger charge is -2.18. The first-order valence-electron chi connectivity index (χ1n) is 5.51. The second-order valence-electron chi connectivity index (χ2n) is 3.97. The number of aromatic nitrogens is 1. The minimum atomic E-state index is -0.0252. The molecule has 0 saturated carbocycles. The molecule has 0 aliphatic heterocycles. The summed E-state index contributed by atoms with van der Waals surface area (Å²) in [5, 5.41) is 4.61. The van der Waals surface area contributed by atoms with E-state index in [0.29, 0.717) is 15.1 Å². The number of hydrogen-bond acceptors (Lipinski definition) is 2. The van der Waals surface area contributed by atoms with Crippen molar-refractivity contribution in [1.82, 2.24) is 4.98 Å². The van der Waals surface area contributed by atoms with Crippen LogP contribution in [0.15, 0.2) is 35.1 Å². The van der Waals surface area contributed by atoms with Crippen LogP contribution in [0.4, 0.5) is 5.69 Å². The molecule has 0 aliphatic rings. The molecule has 0 aliphatic carbocycles. The molecule has 2 nitrogen and oxygen atoms in total. The fourth-order valence-electron chi connectivity index (χ4n) is 1.68. The van der Waals surface area contributed by atoms with Gasteiger partial charge in [0.25, 0.3) is 0 Å². The van der Waals surface area contributed by atoms with Crippen molar-refractivity contribution >= 4 is 56.4 Å². The van der Waals surface area contributed by atoms with Crippen LogP contribution in [0.25, 0.3) is 0 Å². The van der Waals surface area contributed by atoms with Gasteiger partial charge in [-0.05, 0) is 46.6 Å². The van der Waals surface area contributed by atoms with Crippen molar-refractivity contribution in [2.24, 2.45) is 0 Å². The number of benzene rings is 1. The number of halogens is 4. The average Bonchev–Trinajstić information content (AvgIpc) is 2.39. The van der Waals surface area contributed by atoms with Gasteiger partial charge in [0.05, 0.1) is 26.8 Å². The summed E-state index contributed by atoms with van der Waals surface area (Å²) < 4.78 is 0.748. The van der Waals surface area contributed by atoms with Crippen LogP contribution in [-0.4, -0.2) is 4.98 Å². The molecule has 100 valence electrons. The van der Waals surface area contributed by atoms with Crippen LogP contribution < -0.4 is 5.32 Å². The Morgan fingerprint density at radius 1 is 1.16 bits per heavy atom. The average molecular weight is 381 g/mol. The van der Waals surface area contributed by atoms with Crippen LogP contribution in [0.3, 0.4) is 0 Å². The van der Waals surface area contributed by atoms with E-state index >= 15 is 0 Å². The molecule has 0 bridgehead atoms. The molecule has 0 radical (unpaired) electrons. The first kappa shape index (κ1) is 14.9. The smallest absolute Gasteiger partial charge is 0.129 e. The Labute approximate surface area is 135 Å². The van der Waals surface area contributed by atoms with Gasteiger partial charge >= 0.3 is 0 Å². The van der Waals surface area contributed by atoms with Crippen molar-refractivity contribution in [3.63, 3.8) is 0 Å². The van der Waals surface area contributed by atoms with Gasteiger partial charge in [-0.15, -0.1) is 0 Å². The van der Waals surface area contributed by atoms with E-state index in [1.165, 1.54) is 0 Å². The van der Waals surface area contributed by atoms with Crippen molar-refractivity contribution < 1.29 is 0 Å². The van der Waals surface area contributed by atoms with Crippen molar-refractivity contribution in [1.29, 1.82) is 0 Å². The van der Waals surface area contributed by atoms with E-state index in [-0.39, 0.29) is 6.04 Å². The number of anilines is 1. The molecular weight excluding hydrogens is 370 g/mol. The summed E-state index contributed by atoms with van der Waals surface area (Å²) >= 11 is 21.6. The van der Waals surface area contributed by atoms with Gasteiger partial charge in [-0.25, -0.2) is 4.98 Å². The number of nitrogens with one attached hydrogen (secondary N) is 1. The SMILES string of the molecule is CC(Nc1cccnc1Br)c1ccc(Cl)c(Cl)c1Cl. The van der Waals surface area contributed by atoms with E-state index < -0.39 is 0 Å². The van der Waals surface area contributed by atoms with Crippen molar-refractivity contribution in [2.75, 3.05) is 5.32 Å². The highest BCUT2D eigenvalue weighted by Crippen LogP contribution is 2.36. The van der Waals surface area contributed by atoms with E-state index in [2.05, 4.69) is 26.2 Å². The van der Waals surface area contributed by atoms with Gasteiger partial charge in [0.2, 0.25) is 0 Å². The predicted molar refractivity (Wildman–Crippen MR) is 85.4 cm³/mol. The van der Waals surface area contributed by atoms with Crippen LogP contribution >= 0.6 is 50.7 Å². The maximum atomic E-state index is 6.22. The monoisotopic (exact) mass is 378 g/mol. The maximum absolute atomic E-state index is 6.22. The summed E-state index contributed by atoms with van der Waals surface area (Å²) in [5.41, 5.74) is 1.77. The fourth-order valence-corrected chi connectivity index (χ4v) is 2.75. The molecule has 0 saturated heterocycles. The lowest BCUT2D eigenvalue weighted by molar-refractivity contribution is 0.881. The standard InChI is InChI=1S/C13H10BrCl3N2/c1-7(19-10-3-2-6-18-13(10)14)8-4-5-9(15)12(17)11(8)16/h2-7,19H,1H3. The van der Waals surface area contributed by atoms with E-state index in [4.69, 9.17) is 34.8 Å². The summed E-state index contributed by atoms with van der Waals surface area (Å²) in [5.74, 6) is 0. The lowest BCUT2D eigenvalue weighted by Crippen LogP contribution is -2.08. The highest BCUT2D eigenvalue weighted by molar-refractivity contribution is 9.10. The highest BCUT2D eigenvalue weighted by Gasteiger charge is 2.15. The molecule has 2 aromatic rings. The van der Waals surface area contributed by atoms with Crippen molar-refractivity contribution in [2.45, 2.75) is 13.0 Å². The van der Waals surface area contributed by atoms with E-state index in [1.54, 1.807) is 12.3 Å². The largest absolute Gasteiger partial charge is 0.376 e. The molecule has 1 aromatic carbocycles. The molecule has 1 N–H and O–H groups in total. The van der Waals surface area contributed by atoms with Crippen molar-refractivity contribution in [3.8, 4) is 0 Å². The zero-order chi connectivity index (χ0) is 14.0. The van der Waals surface area contributed by atoms with Crippen LogP contribution in [0.5, 0.6) is 0 Å². The molecule has 19 heavy (non-hydrogen) atoms. The minimum absolute atomic E-state index is 0.0252. The Balaban J connectivity index is 2.28. The Bertz CT molecular complexity index is 604. The molecule has 0 amide bonds. The third-order valence-electron chi connectivity index (χ3n) is 2.66. The molecule has 0 spiro atoms. The van der Waals surface area contributed by atoms with Gasteiger partial charge in [-0.1, -0.05) is 40.9 Å². The minimum Gasteiger partial charge on any atom is -0.376 e. The van der Waals surface area contributed by atoms with Crippen LogP contribution in [0, 0.1) is 0 Å².